The van der Waals surface area contributed by atoms with Gasteiger partial charge in [-0.05, 0) is 25.7 Å². The Labute approximate surface area is 101 Å². The molecule has 0 amide bonds. The zero-order valence-electron chi connectivity index (χ0n) is 10.3. The predicted molar refractivity (Wildman–Crippen MR) is 64.0 cm³/mol. The van der Waals surface area contributed by atoms with Crippen LogP contribution >= 0.6 is 0 Å². The molecular weight excluding hydrogens is 218 g/mol. The lowest BCUT2D eigenvalue weighted by molar-refractivity contribution is 0.00518. The highest BCUT2D eigenvalue weighted by atomic mass is 16.5. The van der Waals surface area contributed by atoms with Crippen molar-refractivity contribution in [2.75, 3.05) is 6.61 Å². The van der Waals surface area contributed by atoms with E-state index < -0.39 is 0 Å². The van der Waals surface area contributed by atoms with Gasteiger partial charge in [-0.3, -0.25) is 16.0 Å². The maximum atomic E-state index is 5.72. The highest BCUT2D eigenvalue weighted by molar-refractivity contribution is 4.96. The molecule has 0 aliphatic carbocycles. The Bertz CT molecular complexity index is 334. The molecule has 0 radical (unpaired) electrons. The fraction of sp³-hybridized carbons (Fsp3) is 0.818. The van der Waals surface area contributed by atoms with Gasteiger partial charge in [-0.25, -0.2) is 0 Å². The number of hydrogen-bond donors (Lipinski definition) is 2. The number of nitrogens with zero attached hydrogens (tertiary/aromatic N) is 3. The lowest BCUT2D eigenvalue weighted by Crippen LogP contribution is -2.40. The van der Waals surface area contributed by atoms with Crippen molar-refractivity contribution in [1.29, 1.82) is 0 Å². The molecule has 2 rings (SSSR count). The molecule has 2 heterocycles. The summed E-state index contributed by atoms with van der Waals surface area (Å²) < 4.78 is 7.42. The molecule has 6 heteroatoms. The van der Waals surface area contributed by atoms with Crippen molar-refractivity contribution >= 4 is 0 Å². The molecule has 1 aromatic rings. The van der Waals surface area contributed by atoms with Gasteiger partial charge >= 0.3 is 0 Å². The van der Waals surface area contributed by atoms with Crippen molar-refractivity contribution in [3.8, 4) is 0 Å². The Morgan fingerprint density at radius 1 is 1.65 bits per heavy atom. The first-order chi connectivity index (χ1) is 8.28. The molecule has 0 spiro atoms. The smallest absolute Gasteiger partial charge is 0.0843 e. The van der Waals surface area contributed by atoms with Crippen LogP contribution in [-0.2, 0) is 18.2 Å². The Morgan fingerprint density at radius 2 is 2.53 bits per heavy atom. The third-order valence-electron chi connectivity index (χ3n) is 3.16. The molecular formula is C11H21N5O. The molecule has 17 heavy (non-hydrogen) atoms. The van der Waals surface area contributed by atoms with Gasteiger partial charge in [0.1, 0.15) is 0 Å². The zero-order chi connectivity index (χ0) is 12.1. The molecule has 2 atom stereocenters. The average molecular weight is 239 g/mol. The number of hydrazine groups is 1. The molecule has 1 aromatic heterocycles. The zero-order valence-corrected chi connectivity index (χ0v) is 10.3. The quantitative estimate of drug-likeness (QED) is 0.565. The van der Waals surface area contributed by atoms with Crippen molar-refractivity contribution in [3.05, 3.63) is 11.9 Å². The molecule has 0 aromatic carbocycles. The summed E-state index contributed by atoms with van der Waals surface area (Å²) >= 11 is 0. The van der Waals surface area contributed by atoms with Crippen LogP contribution in [0, 0.1) is 0 Å². The fourth-order valence-corrected chi connectivity index (χ4v) is 2.26. The topological polar surface area (TPSA) is 78.0 Å². The molecule has 1 aliphatic heterocycles. The van der Waals surface area contributed by atoms with Crippen LogP contribution in [0.5, 0.6) is 0 Å². The molecule has 0 saturated carbocycles. The van der Waals surface area contributed by atoms with Gasteiger partial charge in [0.2, 0.25) is 0 Å². The van der Waals surface area contributed by atoms with E-state index >= 15 is 0 Å². The first-order valence-corrected chi connectivity index (χ1v) is 6.21. The summed E-state index contributed by atoms with van der Waals surface area (Å²) in [6.45, 7) is 0.882. The van der Waals surface area contributed by atoms with Gasteiger partial charge in [0.05, 0.1) is 11.8 Å². The largest absolute Gasteiger partial charge is 0.378 e. The summed E-state index contributed by atoms with van der Waals surface area (Å²) in [5.41, 5.74) is 3.81. The van der Waals surface area contributed by atoms with E-state index in [0.717, 1.165) is 31.6 Å². The maximum Gasteiger partial charge on any atom is 0.0843 e. The second-order valence-electron chi connectivity index (χ2n) is 4.68. The lowest BCUT2D eigenvalue weighted by Gasteiger charge is -2.26. The Hall–Kier alpha value is -0.980. The summed E-state index contributed by atoms with van der Waals surface area (Å²) in [6.07, 6.45) is 7.57. The summed E-state index contributed by atoms with van der Waals surface area (Å²) in [4.78, 5) is 0. The molecule has 3 N–H and O–H groups in total. The highest BCUT2D eigenvalue weighted by Gasteiger charge is 2.19. The third-order valence-corrected chi connectivity index (χ3v) is 3.16. The summed E-state index contributed by atoms with van der Waals surface area (Å²) in [7, 11) is 1.87. The van der Waals surface area contributed by atoms with Crippen LogP contribution in [0.25, 0.3) is 0 Å². The lowest BCUT2D eigenvalue weighted by atomic mass is 9.99. The van der Waals surface area contributed by atoms with Crippen LogP contribution in [0.4, 0.5) is 0 Å². The Morgan fingerprint density at radius 3 is 3.12 bits per heavy atom. The normalized spacial score (nSPS) is 22.6. The van der Waals surface area contributed by atoms with Gasteiger partial charge in [0.15, 0.2) is 0 Å². The van der Waals surface area contributed by atoms with Crippen LogP contribution in [0.15, 0.2) is 6.20 Å². The number of aryl methyl sites for hydroxylation is 1. The van der Waals surface area contributed by atoms with Gasteiger partial charge in [-0.1, -0.05) is 5.21 Å². The standard InChI is InChI=1S/C11H21N5O/c1-16-8-10(14-15-16)6-9(13-12)7-11-4-2-3-5-17-11/h8-9,11,13H,2-7,12H2,1H3. The highest BCUT2D eigenvalue weighted by Crippen LogP contribution is 2.18. The monoisotopic (exact) mass is 239 g/mol. The molecule has 96 valence electrons. The number of nitrogens with two attached hydrogens (primary N) is 1. The van der Waals surface area contributed by atoms with Gasteiger partial charge in [-0.2, -0.15) is 0 Å². The molecule has 2 unspecified atom stereocenters. The molecule has 6 nitrogen and oxygen atoms in total. The number of rotatable bonds is 5. The number of aromatic nitrogens is 3. The van der Waals surface area contributed by atoms with Crippen molar-refractivity contribution in [1.82, 2.24) is 20.4 Å². The van der Waals surface area contributed by atoms with Gasteiger partial charge < -0.3 is 4.74 Å². The summed E-state index contributed by atoms with van der Waals surface area (Å²) in [5.74, 6) is 5.58. The summed E-state index contributed by atoms with van der Waals surface area (Å²) in [6, 6.07) is 0.204. The maximum absolute atomic E-state index is 5.72. The minimum Gasteiger partial charge on any atom is -0.378 e. The van der Waals surface area contributed by atoms with E-state index in [-0.39, 0.29) is 6.04 Å². The van der Waals surface area contributed by atoms with E-state index in [1.165, 1.54) is 12.8 Å². The van der Waals surface area contributed by atoms with E-state index in [1.54, 1.807) is 4.68 Å². The van der Waals surface area contributed by atoms with Gasteiger partial charge in [0.25, 0.3) is 0 Å². The van der Waals surface area contributed by atoms with Crippen LogP contribution in [0.1, 0.15) is 31.4 Å². The molecule has 1 fully saturated rings. The SMILES string of the molecule is Cn1cc(CC(CC2CCCCO2)NN)nn1. The van der Waals surface area contributed by atoms with Crippen LogP contribution in [0.2, 0.25) is 0 Å². The molecule has 1 aliphatic rings. The van der Waals surface area contributed by atoms with E-state index in [9.17, 15) is 0 Å². The first kappa shape index (κ1) is 12.5. The van der Waals surface area contributed by atoms with E-state index in [4.69, 9.17) is 10.6 Å². The summed E-state index contributed by atoms with van der Waals surface area (Å²) in [5, 5.41) is 7.99. The number of ether oxygens (including phenoxy) is 1. The van der Waals surface area contributed by atoms with Crippen LogP contribution < -0.4 is 11.3 Å². The average Bonchev–Trinajstić information content (AvgIpc) is 2.75. The number of hydrogen-bond acceptors (Lipinski definition) is 5. The molecule has 0 bridgehead atoms. The van der Waals surface area contributed by atoms with Gasteiger partial charge in [0, 0.05) is 32.3 Å². The van der Waals surface area contributed by atoms with Crippen molar-refractivity contribution in [2.45, 2.75) is 44.2 Å². The third kappa shape index (κ3) is 3.76. The van der Waals surface area contributed by atoms with E-state index in [2.05, 4.69) is 15.7 Å². The molecule has 1 saturated heterocycles. The second-order valence-corrected chi connectivity index (χ2v) is 4.68. The minimum atomic E-state index is 0.204. The van der Waals surface area contributed by atoms with E-state index in [0.29, 0.717) is 6.10 Å². The predicted octanol–water partition coefficient (Wildman–Crippen LogP) is 0.149. The van der Waals surface area contributed by atoms with Crippen LogP contribution in [-0.4, -0.2) is 33.7 Å². The fourth-order valence-electron chi connectivity index (χ4n) is 2.26. The van der Waals surface area contributed by atoms with Crippen molar-refractivity contribution in [2.24, 2.45) is 12.9 Å². The second kappa shape index (κ2) is 6.09. The Balaban J connectivity index is 1.83. The van der Waals surface area contributed by atoms with Crippen molar-refractivity contribution < 1.29 is 4.74 Å². The number of nitrogens with one attached hydrogen (secondary N) is 1. The van der Waals surface area contributed by atoms with Crippen molar-refractivity contribution in [3.63, 3.8) is 0 Å². The minimum absolute atomic E-state index is 0.204. The van der Waals surface area contributed by atoms with Crippen LogP contribution in [0.3, 0.4) is 0 Å². The first-order valence-electron chi connectivity index (χ1n) is 6.21. The van der Waals surface area contributed by atoms with Gasteiger partial charge in [-0.15, -0.1) is 5.10 Å². The Kier molecular flexibility index (Phi) is 4.47. The van der Waals surface area contributed by atoms with E-state index in [1.807, 2.05) is 13.2 Å².